The second-order valence-corrected chi connectivity index (χ2v) is 4.95. The number of aryl methyl sites for hydroxylation is 1. The van der Waals surface area contributed by atoms with Crippen LogP contribution in [-0.2, 0) is 10.0 Å². The lowest BCUT2D eigenvalue weighted by atomic mass is 10.1. The molecule has 0 aliphatic carbocycles. The van der Waals surface area contributed by atoms with E-state index >= 15 is 0 Å². The second-order valence-electron chi connectivity index (χ2n) is 3.01. The Kier molecular flexibility index (Phi) is 3.03. The fourth-order valence-electron chi connectivity index (χ4n) is 1.08. The summed E-state index contributed by atoms with van der Waals surface area (Å²) in [6.07, 6.45) is 0. The second kappa shape index (κ2) is 3.80. The molecular weight excluding hydrogens is 240 g/mol. The molecule has 5 nitrogen and oxygen atoms in total. The van der Waals surface area contributed by atoms with E-state index in [2.05, 4.69) is 0 Å². The van der Waals surface area contributed by atoms with E-state index < -0.39 is 15.9 Å². The Labute approximate surface area is 92.1 Å². The molecule has 1 rings (SSSR count). The molecule has 0 atom stereocenters. The fraction of sp³-hybridized carbons (Fsp3) is 0.125. The minimum Gasteiger partial charge on any atom is -0.366 e. The zero-order valence-corrected chi connectivity index (χ0v) is 9.39. The summed E-state index contributed by atoms with van der Waals surface area (Å²) >= 11 is 5.77. The van der Waals surface area contributed by atoms with E-state index in [9.17, 15) is 13.2 Å². The quantitative estimate of drug-likeness (QED) is 0.791. The van der Waals surface area contributed by atoms with Crippen molar-refractivity contribution in [3.8, 4) is 0 Å². The Morgan fingerprint density at radius 1 is 1.40 bits per heavy atom. The number of rotatable bonds is 2. The van der Waals surface area contributed by atoms with Crippen LogP contribution in [0.3, 0.4) is 0 Å². The molecule has 0 saturated heterocycles. The van der Waals surface area contributed by atoms with Gasteiger partial charge in [0.25, 0.3) is 0 Å². The third kappa shape index (κ3) is 2.47. The van der Waals surface area contributed by atoms with Gasteiger partial charge >= 0.3 is 0 Å². The van der Waals surface area contributed by atoms with Gasteiger partial charge in [-0.15, -0.1) is 0 Å². The van der Waals surface area contributed by atoms with E-state index in [1.165, 1.54) is 6.07 Å². The van der Waals surface area contributed by atoms with Gasteiger partial charge in [0.1, 0.15) is 0 Å². The molecule has 4 N–H and O–H groups in total. The van der Waals surface area contributed by atoms with Crippen molar-refractivity contribution in [2.24, 2.45) is 10.9 Å². The Morgan fingerprint density at radius 2 is 1.93 bits per heavy atom. The largest absolute Gasteiger partial charge is 0.366 e. The highest BCUT2D eigenvalue weighted by atomic mass is 35.5. The van der Waals surface area contributed by atoms with Crippen molar-refractivity contribution in [2.75, 3.05) is 0 Å². The van der Waals surface area contributed by atoms with Gasteiger partial charge in [-0.25, -0.2) is 13.6 Å². The van der Waals surface area contributed by atoms with E-state index in [0.717, 1.165) is 6.07 Å². The molecule has 0 fully saturated rings. The Balaban J connectivity index is 3.57. The lowest BCUT2D eigenvalue weighted by Crippen LogP contribution is -2.16. The third-order valence-electron chi connectivity index (χ3n) is 1.82. The molecule has 0 aliphatic heterocycles. The number of hydrogen-bond donors (Lipinski definition) is 2. The minimum absolute atomic E-state index is 0.0549. The first kappa shape index (κ1) is 12.0. The summed E-state index contributed by atoms with van der Waals surface area (Å²) in [5.74, 6) is -0.798. The fourth-order valence-corrected chi connectivity index (χ4v) is 1.91. The number of hydrogen-bond acceptors (Lipinski definition) is 3. The van der Waals surface area contributed by atoms with E-state index in [1.807, 2.05) is 0 Å². The molecule has 0 saturated carbocycles. The van der Waals surface area contributed by atoms with Crippen LogP contribution in [0.2, 0.25) is 5.02 Å². The molecule has 0 bridgehead atoms. The first-order valence-electron chi connectivity index (χ1n) is 3.86. The number of halogens is 1. The highest BCUT2D eigenvalue weighted by Crippen LogP contribution is 2.24. The van der Waals surface area contributed by atoms with Crippen LogP contribution in [0.25, 0.3) is 0 Å². The number of amides is 1. The number of carbonyl (C=O) groups is 1. The van der Waals surface area contributed by atoms with Gasteiger partial charge in [0.05, 0.1) is 15.5 Å². The summed E-state index contributed by atoms with van der Waals surface area (Å²) in [5, 5.41) is 5.06. The highest BCUT2D eigenvalue weighted by molar-refractivity contribution is 7.89. The molecule has 0 unspecified atom stereocenters. The molecule has 0 aromatic heterocycles. The predicted octanol–water partition coefficient (Wildman–Crippen LogP) is 0.395. The molecule has 0 heterocycles. The predicted molar refractivity (Wildman–Crippen MR) is 56.1 cm³/mol. The maximum absolute atomic E-state index is 11.1. The van der Waals surface area contributed by atoms with Crippen LogP contribution in [0.4, 0.5) is 0 Å². The molecule has 15 heavy (non-hydrogen) atoms. The summed E-state index contributed by atoms with van der Waals surface area (Å²) in [6, 6.07) is 2.34. The zero-order chi connectivity index (χ0) is 11.8. The first-order chi connectivity index (χ1) is 6.73. The lowest BCUT2D eigenvalue weighted by Gasteiger charge is -2.06. The number of primary amides is 1. The Bertz CT molecular complexity index is 525. The van der Waals surface area contributed by atoms with Crippen LogP contribution >= 0.6 is 11.6 Å². The molecule has 1 aromatic carbocycles. The van der Waals surface area contributed by atoms with Crippen molar-refractivity contribution in [1.29, 1.82) is 0 Å². The van der Waals surface area contributed by atoms with Crippen molar-refractivity contribution in [3.05, 3.63) is 28.3 Å². The van der Waals surface area contributed by atoms with Gasteiger partial charge in [0.2, 0.25) is 15.9 Å². The van der Waals surface area contributed by atoms with Crippen LogP contribution in [0, 0.1) is 6.92 Å². The van der Waals surface area contributed by atoms with Gasteiger partial charge in [0, 0.05) is 0 Å². The number of benzene rings is 1. The van der Waals surface area contributed by atoms with Crippen LogP contribution < -0.4 is 10.9 Å². The maximum atomic E-state index is 11.1. The average Bonchev–Trinajstić information content (AvgIpc) is 2.06. The standard InChI is InChI=1S/C8H9ClN2O3S/c1-4-2-5(15(11,13)14)3-6(7(4)9)8(10)12/h2-3H,1H3,(H2,10,12)(H2,11,13,14). The smallest absolute Gasteiger partial charge is 0.250 e. The average molecular weight is 249 g/mol. The van der Waals surface area contributed by atoms with Gasteiger partial charge in [-0.3, -0.25) is 4.79 Å². The van der Waals surface area contributed by atoms with Crippen LogP contribution in [-0.4, -0.2) is 14.3 Å². The Hall–Kier alpha value is -1.11. The monoisotopic (exact) mass is 248 g/mol. The van der Waals surface area contributed by atoms with Gasteiger partial charge < -0.3 is 5.73 Å². The number of carbonyl (C=O) groups excluding carboxylic acids is 1. The van der Waals surface area contributed by atoms with Crippen molar-refractivity contribution in [3.63, 3.8) is 0 Å². The van der Waals surface area contributed by atoms with Crippen LogP contribution in [0.15, 0.2) is 17.0 Å². The van der Waals surface area contributed by atoms with E-state index in [-0.39, 0.29) is 15.5 Å². The van der Waals surface area contributed by atoms with Crippen molar-refractivity contribution in [1.82, 2.24) is 0 Å². The van der Waals surface area contributed by atoms with Gasteiger partial charge in [-0.2, -0.15) is 0 Å². The SMILES string of the molecule is Cc1cc(S(N)(=O)=O)cc(C(N)=O)c1Cl. The Morgan fingerprint density at radius 3 is 2.33 bits per heavy atom. The zero-order valence-electron chi connectivity index (χ0n) is 7.82. The normalized spacial score (nSPS) is 11.4. The van der Waals surface area contributed by atoms with Gasteiger partial charge in [-0.1, -0.05) is 11.6 Å². The number of primary sulfonamides is 1. The number of nitrogens with two attached hydrogens (primary N) is 2. The van der Waals surface area contributed by atoms with E-state index in [1.54, 1.807) is 6.92 Å². The maximum Gasteiger partial charge on any atom is 0.250 e. The topological polar surface area (TPSA) is 103 Å². The summed E-state index contributed by atoms with van der Waals surface area (Å²) in [5.41, 5.74) is 5.41. The molecule has 1 amide bonds. The lowest BCUT2D eigenvalue weighted by molar-refractivity contribution is 0.1000. The molecule has 1 aromatic rings. The van der Waals surface area contributed by atoms with Crippen LogP contribution in [0.1, 0.15) is 15.9 Å². The summed E-state index contributed by atoms with van der Waals surface area (Å²) in [7, 11) is -3.86. The summed E-state index contributed by atoms with van der Waals surface area (Å²) in [6.45, 7) is 1.56. The van der Waals surface area contributed by atoms with Gasteiger partial charge in [0.15, 0.2) is 0 Å². The number of sulfonamides is 1. The molecule has 0 aliphatic rings. The first-order valence-corrected chi connectivity index (χ1v) is 5.78. The molecule has 82 valence electrons. The minimum atomic E-state index is -3.86. The van der Waals surface area contributed by atoms with Crippen molar-refractivity contribution in [2.45, 2.75) is 11.8 Å². The molecule has 0 spiro atoms. The van der Waals surface area contributed by atoms with Crippen LogP contribution in [0.5, 0.6) is 0 Å². The third-order valence-corrected chi connectivity index (χ3v) is 3.22. The van der Waals surface area contributed by atoms with Crippen molar-refractivity contribution < 1.29 is 13.2 Å². The molecular formula is C8H9ClN2O3S. The summed E-state index contributed by atoms with van der Waals surface area (Å²) in [4.78, 5) is 10.8. The van der Waals surface area contributed by atoms with E-state index in [4.69, 9.17) is 22.5 Å². The molecule has 0 radical (unpaired) electrons. The molecule has 7 heteroatoms. The van der Waals surface area contributed by atoms with Crippen molar-refractivity contribution >= 4 is 27.5 Å². The van der Waals surface area contributed by atoms with E-state index in [0.29, 0.717) is 5.56 Å². The van der Waals surface area contributed by atoms with Gasteiger partial charge in [-0.05, 0) is 24.6 Å². The summed E-state index contributed by atoms with van der Waals surface area (Å²) < 4.78 is 22.1. The highest BCUT2D eigenvalue weighted by Gasteiger charge is 2.16.